The first-order chi connectivity index (χ1) is 11.2. The fourth-order valence-corrected chi connectivity index (χ4v) is 2.69. The molecule has 1 aromatic heterocycles. The number of nitrogens with zero attached hydrogens (tertiary/aromatic N) is 3. The zero-order valence-corrected chi connectivity index (χ0v) is 12.8. The molecule has 1 aliphatic heterocycles. The van der Waals surface area contributed by atoms with Gasteiger partial charge in [0, 0.05) is 24.2 Å². The van der Waals surface area contributed by atoms with Crippen molar-refractivity contribution < 1.29 is 4.79 Å². The Hall–Kier alpha value is -2.78. The number of nitrogens with one attached hydrogen (secondary N) is 2. The van der Waals surface area contributed by atoms with Crippen molar-refractivity contribution in [2.75, 3.05) is 6.54 Å². The van der Waals surface area contributed by atoms with Gasteiger partial charge in [0.1, 0.15) is 12.0 Å². The zero-order valence-electron chi connectivity index (χ0n) is 12.8. The lowest BCUT2D eigenvalue weighted by Gasteiger charge is -2.11. The fourth-order valence-electron chi connectivity index (χ4n) is 2.69. The number of hydrogen-bond donors (Lipinski definition) is 2. The molecule has 2 heterocycles. The van der Waals surface area contributed by atoms with Crippen LogP contribution in [0.5, 0.6) is 0 Å². The van der Waals surface area contributed by atoms with Crippen molar-refractivity contribution in [2.45, 2.75) is 25.4 Å². The van der Waals surface area contributed by atoms with Crippen LogP contribution in [0.15, 0.2) is 36.7 Å². The molecule has 6 heteroatoms. The summed E-state index contributed by atoms with van der Waals surface area (Å²) in [5.41, 5.74) is 2.30. The van der Waals surface area contributed by atoms with Crippen LogP contribution < -0.4 is 10.6 Å². The number of nitriles is 1. The summed E-state index contributed by atoms with van der Waals surface area (Å²) >= 11 is 0. The van der Waals surface area contributed by atoms with Gasteiger partial charge < -0.3 is 10.6 Å². The SMILES string of the molecule is C[C@@H]1C[C@@H](NC(=O)c2cc(-c3cccc(C#N)c3)ncn2)CN1. The predicted molar refractivity (Wildman–Crippen MR) is 85.5 cm³/mol. The van der Waals surface area contributed by atoms with E-state index in [-0.39, 0.29) is 11.9 Å². The average molecular weight is 307 g/mol. The highest BCUT2D eigenvalue weighted by molar-refractivity contribution is 5.93. The van der Waals surface area contributed by atoms with Crippen molar-refractivity contribution in [3.05, 3.63) is 47.9 Å². The standard InChI is InChI=1S/C17H17N5O/c1-11-5-14(9-19-11)22-17(23)16-7-15(20-10-21-16)13-4-2-3-12(6-13)8-18/h2-4,6-7,10-11,14,19H,5,9H2,1H3,(H,22,23)/t11-,14-/m1/s1. The van der Waals surface area contributed by atoms with Crippen LogP contribution in [-0.4, -0.2) is 34.5 Å². The molecule has 0 radical (unpaired) electrons. The molecule has 1 aromatic carbocycles. The minimum Gasteiger partial charge on any atom is -0.347 e. The Labute approximate surface area is 134 Å². The minimum atomic E-state index is -0.203. The number of amides is 1. The molecule has 0 unspecified atom stereocenters. The summed E-state index contributed by atoms with van der Waals surface area (Å²) in [6.07, 6.45) is 2.28. The van der Waals surface area contributed by atoms with E-state index in [4.69, 9.17) is 5.26 Å². The van der Waals surface area contributed by atoms with Crippen LogP contribution in [0.25, 0.3) is 11.3 Å². The molecule has 0 saturated carbocycles. The summed E-state index contributed by atoms with van der Waals surface area (Å²) in [4.78, 5) is 20.6. The van der Waals surface area contributed by atoms with E-state index in [1.165, 1.54) is 6.33 Å². The first-order valence-electron chi connectivity index (χ1n) is 7.52. The molecule has 0 spiro atoms. The molecule has 1 amide bonds. The summed E-state index contributed by atoms with van der Waals surface area (Å²) in [5, 5.41) is 15.3. The van der Waals surface area contributed by atoms with E-state index in [2.05, 4.69) is 33.6 Å². The van der Waals surface area contributed by atoms with Crippen LogP contribution in [0.3, 0.4) is 0 Å². The molecule has 0 aliphatic carbocycles. The van der Waals surface area contributed by atoms with E-state index in [9.17, 15) is 4.79 Å². The molecule has 3 rings (SSSR count). The van der Waals surface area contributed by atoms with E-state index in [1.54, 1.807) is 24.3 Å². The van der Waals surface area contributed by atoms with Crippen molar-refractivity contribution in [3.63, 3.8) is 0 Å². The fraction of sp³-hybridized carbons (Fsp3) is 0.294. The Morgan fingerprint density at radius 3 is 3.00 bits per heavy atom. The minimum absolute atomic E-state index is 0.123. The van der Waals surface area contributed by atoms with Crippen LogP contribution in [0.4, 0.5) is 0 Å². The molecule has 1 saturated heterocycles. The molecule has 2 N–H and O–H groups in total. The van der Waals surface area contributed by atoms with Gasteiger partial charge in [0.25, 0.3) is 5.91 Å². The van der Waals surface area contributed by atoms with Gasteiger partial charge in [0.2, 0.25) is 0 Å². The van der Waals surface area contributed by atoms with Gasteiger partial charge in [-0.1, -0.05) is 12.1 Å². The van der Waals surface area contributed by atoms with E-state index < -0.39 is 0 Å². The van der Waals surface area contributed by atoms with Gasteiger partial charge >= 0.3 is 0 Å². The molecule has 2 aromatic rings. The number of benzene rings is 1. The van der Waals surface area contributed by atoms with Crippen LogP contribution in [0, 0.1) is 11.3 Å². The molecule has 116 valence electrons. The third-order valence-electron chi connectivity index (χ3n) is 3.87. The molecular formula is C17H17N5O. The Morgan fingerprint density at radius 2 is 2.26 bits per heavy atom. The smallest absolute Gasteiger partial charge is 0.270 e. The second kappa shape index (κ2) is 6.55. The normalized spacial score (nSPS) is 20.0. The van der Waals surface area contributed by atoms with Gasteiger partial charge in [0.15, 0.2) is 0 Å². The third-order valence-corrected chi connectivity index (χ3v) is 3.87. The van der Waals surface area contributed by atoms with E-state index in [1.807, 2.05) is 6.07 Å². The monoisotopic (exact) mass is 307 g/mol. The Morgan fingerprint density at radius 1 is 1.39 bits per heavy atom. The lowest BCUT2D eigenvalue weighted by Crippen LogP contribution is -2.36. The average Bonchev–Trinajstić information content (AvgIpc) is 3.00. The number of carbonyl (C=O) groups excluding carboxylic acids is 1. The Bertz CT molecular complexity index is 768. The van der Waals surface area contributed by atoms with E-state index in [0.717, 1.165) is 18.5 Å². The molecule has 2 atom stereocenters. The van der Waals surface area contributed by atoms with Crippen LogP contribution in [-0.2, 0) is 0 Å². The maximum atomic E-state index is 12.3. The maximum absolute atomic E-state index is 12.3. The summed E-state index contributed by atoms with van der Waals surface area (Å²) in [7, 11) is 0. The Balaban J connectivity index is 1.79. The van der Waals surface area contributed by atoms with Crippen molar-refractivity contribution >= 4 is 5.91 Å². The summed E-state index contributed by atoms with van der Waals surface area (Å²) in [6.45, 7) is 2.87. The second-order valence-electron chi connectivity index (χ2n) is 5.70. The lowest BCUT2D eigenvalue weighted by atomic mass is 10.1. The molecule has 1 aliphatic rings. The highest BCUT2D eigenvalue weighted by Gasteiger charge is 2.23. The first-order valence-corrected chi connectivity index (χ1v) is 7.52. The maximum Gasteiger partial charge on any atom is 0.270 e. The molecule has 1 fully saturated rings. The van der Waals surface area contributed by atoms with Gasteiger partial charge in [-0.2, -0.15) is 5.26 Å². The van der Waals surface area contributed by atoms with Gasteiger partial charge in [-0.05, 0) is 31.5 Å². The van der Waals surface area contributed by atoms with Crippen molar-refractivity contribution in [1.29, 1.82) is 5.26 Å². The molecule has 0 bridgehead atoms. The summed E-state index contributed by atoms with van der Waals surface area (Å²) < 4.78 is 0. The highest BCUT2D eigenvalue weighted by Crippen LogP contribution is 2.18. The van der Waals surface area contributed by atoms with E-state index in [0.29, 0.717) is 23.0 Å². The van der Waals surface area contributed by atoms with Gasteiger partial charge in [-0.15, -0.1) is 0 Å². The summed E-state index contributed by atoms with van der Waals surface area (Å²) in [6, 6.07) is 11.4. The largest absolute Gasteiger partial charge is 0.347 e. The Kier molecular flexibility index (Phi) is 4.31. The van der Waals surface area contributed by atoms with Gasteiger partial charge in [-0.25, -0.2) is 9.97 Å². The highest BCUT2D eigenvalue weighted by atomic mass is 16.1. The van der Waals surface area contributed by atoms with Crippen molar-refractivity contribution in [3.8, 4) is 17.3 Å². The molecule has 6 nitrogen and oxygen atoms in total. The van der Waals surface area contributed by atoms with Gasteiger partial charge in [0.05, 0.1) is 17.3 Å². The van der Waals surface area contributed by atoms with E-state index >= 15 is 0 Å². The lowest BCUT2D eigenvalue weighted by molar-refractivity contribution is 0.0934. The molecule has 23 heavy (non-hydrogen) atoms. The number of aromatic nitrogens is 2. The van der Waals surface area contributed by atoms with Crippen LogP contribution in [0.1, 0.15) is 29.4 Å². The predicted octanol–water partition coefficient (Wildman–Crippen LogP) is 1.50. The number of hydrogen-bond acceptors (Lipinski definition) is 5. The first kappa shape index (κ1) is 15.1. The quantitative estimate of drug-likeness (QED) is 0.896. The van der Waals surface area contributed by atoms with Crippen LogP contribution >= 0.6 is 0 Å². The topological polar surface area (TPSA) is 90.7 Å². The van der Waals surface area contributed by atoms with Crippen molar-refractivity contribution in [1.82, 2.24) is 20.6 Å². The van der Waals surface area contributed by atoms with Gasteiger partial charge in [-0.3, -0.25) is 4.79 Å². The third kappa shape index (κ3) is 3.52. The zero-order chi connectivity index (χ0) is 16.2. The number of carbonyl (C=O) groups is 1. The summed E-state index contributed by atoms with van der Waals surface area (Å²) in [5.74, 6) is -0.203. The number of rotatable bonds is 3. The van der Waals surface area contributed by atoms with Crippen LogP contribution in [0.2, 0.25) is 0 Å². The molecular weight excluding hydrogens is 290 g/mol. The second-order valence-corrected chi connectivity index (χ2v) is 5.70. The van der Waals surface area contributed by atoms with Crippen molar-refractivity contribution in [2.24, 2.45) is 0 Å².